The van der Waals surface area contributed by atoms with Crippen LogP contribution in [-0.4, -0.2) is 97.8 Å². The molecule has 40 valence electrons. The Morgan fingerprint density at radius 2 is 0.556 bits per heavy atom. The Balaban J connectivity index is 0. The van der Waals surface area contributed by atoms with Gasteiger partial charge in [0.05, 0.1) is 0 Å². The van der Waals surface area contributed by atoms with E-state index in [-0.39, 0.29) is 238 Å². The van der Waals surface area contributed by atoms with E-state index < -0.39 is 0 Å². The fourth-order valence-corrected chi connectivity index (χ4v) is 0. The molecule has 0 aliphatic rings. The van der Waals surface area contributed by atoms with Crippen LogP contribution in [-0.2, 0) is 134 Å². The van der Waals surface area contributed by atoms with Crippen LogP contribution in [0.5, 0.6) is 0 Å². The van der Waals surface area contributed by atoms with Gasteiger partial charge in [-0.1, -0.05) is 0 Å². The van der Waals surface area contributed by atoms with E-state index in [2.05, 4.69) is 0 Å². The predicted octanol–water partition coefficient (Wildman–Crippen LogP) is -0.678. The molecule has 0 amide bonds. The van der Waals surface area contributed by atoms with Crippen molar-refractivity contribution in [2.45, 2.75) is 0 Å². The van der Waals surface area contributed by atoms with Gasteiger partial charge in [0.2, 0.25) is 0 Å². The Labute approximate surface area is 230 Å². The molecule has 0 aliphatic heterocycles. The van der Waals surface area contributed by atoms with Gasteiger partial charge in [-0.05, 0) is 0 Å². The van der Waals surface area contributed by atoms with Crippen molar-refractivity contribution in [3.63, 3.8) is 0 Å². The Bertz CT molecular complexity index is 29.4. The smallest absolute Gasteiger partial charge is 2.00 e. The summed E-state index contributed by atoms with van der Waals surface area (Å²) in [5.74, 6) is 0. The van der Waals surface area contributed by atoms with Crippen molar-refractivity contribution < 1.29 is 140 Å². The number of hydrogen-bond donors (Lipinski definition) is 0. The summed E-state index contributed by atoms with van der Waals surface area (Å²) in [4.78, 5) is 0. The molecule has 0 N–H and O–H groups in total. The molecule has 0 radical (unpaired) electrons. The number of hydrogen-bond acceptors (Lipinski definition) is 0. The third kappa shape index (κ3) is 51.7. The third-order valence-electron chi connectivity index (χ3n) is 0. The van der Waals surface area contributed by atoms with Crippen molar-refractivity contribution in [1.82, 2.24) is 0 Å². The average Bonchev–Trinajstić information content (AvgIpc) is 0. The maximum absolute atomic E-state index is 0. The van der Waals surface area contributed by atoms with Gasteiger partial charge in [-0.2, -0.15) is 0 Å². The Morgan fingerprint density at radius 1 is 0.556 bits per heavy atom. The maximum atomic E-state index is 0. The van der Waals surface area contributed by atoms with E-state index in [1.165, 1.54) is 0 Å². The van der Waals surface area contributed by atoms with Crippen LogP contribution in [0.25, 0.3) is 0 Å². The van der Waals surface area contributed by atoms with Gasteiger partial charge in [0.1, 0.15) is 0 Å². The van der Waals surface area contributed by atoms with E-state index in [0.717, 1.165) is 0 Å². The molecule has 0 fully saturated rings. The Kier molecular flexibility index (Phi) is 490. The molecule has 0 rings (SSSR count). The zero-order valence-corrected chi connectivity index (χ0v) is 24.3. The molecule has 0 bridgehead atoms. The van der Waals surface area contributed by atoms with Gasteiger partial charge >= 0.3 is 163 Å². The topological polar surface area (TPSA) is 85.5 Å². The van der Waals surface area contributed by atoms with E-state index in [1.54, 1.807) is 0 Å². The van der Waals surface area contributed by atoms with Gasteiger partial charge in [-0.15, -0.1) is 0 Å². The molecule has 0 saturated heterocycles. The molecule has 0 aliphatic carbocycles. The van der Waals surface area contributed by atoms with Crippen LogP contribution in [0.4, 0.5) is 0 Å². The molecule has 0 unspecified atom stereocenters. The second kappa shape index (κ2) is 60.0. The fourth-order valence-electron chi connectivity index (χ4n) is 0. The van der Waals surface area contributed by atoms with Gasteiger partial charge < -0.3 is 22.1 Å². The molecule has 0 aromatic rings. The molecule has 3 nitrogen and oxygen atoms in total. The molecular weight excluding hydrogens is 683 g/mol. The van der Waals surface area contributed by atoms with Crippen LogP contribution in [0.15, 0.2) is 0 Å². The molecule has 0 aromatic carbocycles. The van der Waals surface area contributed by atoms with Crippen LogP contribution >= 0.6 is 0 Å². The van der Waals surface area contributed by atoms with Gasteiger partial charge in [0.25, 0.3) is 0 Å². The van der Waals surface area contributed by atoms with Gasteiger partial charge in [0, 0.05) is 52.4 Å². The first kappa shape index (κ1) is 73.5. The molecule has 0 heterocycles. The van der Waals surface area contributed by atoms with Crippen LogP contribution in [0, 0.1) is 0 Å². The normalized spacial score (nSPS) is 0. The molecular formula is H4Ba2O3Y2Zr2. The van der Waals surface area contributed by atoms with Crippen molar-refractivity contribution in [3.05, 3.63) is 0 Å². The summed E-state index contributed by atoms with van der Waals surface area (Å²) in [5, 5.41) is 0. The summed E-state index contributed by atoms with van der Waals surface area (Å²) in [6.07, 6.45) is 0. The molecule has 0 aromatic heterocycles. The van der Waals surface area contributed by atoms with E-state index >= 15 is 0 Å². The first-order valence-electron chi connectivity index (χ1n) is 0. The zero-order valence-electron chi connectivity index (χ0n) is 8.79. The van der Waals surface area contributed by atoms with Crippen LogP contribution < -0.4 is 0 Å². The minimum absolute atomic E-state index is 0. The third-order valence-corrected chi connectivity index (χ3v) is 0. The number of rotatable bonds is 0. The van der Waals surface area contributed by atoms with Gasteiger partial charge in [-0.25, -0.2) is 0 Å². The molecule has 0 spiro atoms. The second-order valence-corrected chi connectivity index (χ2v) is 0. The van der Waals surface area contributed by atoms with E-state index in [0.29, 0.717) is 0 Å². The molecule has 0 saturated carbocycles. The minimum atomic E-state index is 0. The fraction of sp³-hybridized carbons (Fsp3) is 0. The van der Waals surface area contributed by atoms with Crippen molar-refractivity contribution in [3.8, 4) is 0 Å². The van der Waals surface area contributed by atoms with E-state index in [9.17, 15) is 0 Å². The summed E-state index contributed by atoms with van der Waals surface area (Å²) < 4.78 is 0. The van der Waals surface area contributed by atoms with Crippen molar-refractivity contribution in [2.75, 3.05) is 0 Å². The summed E-state index contributed by atoms with van der Waals surface area (Å²) >= 11 is 0. The molecule has 0 atom stereocenters. The first-order chi connectivity index (χ1) is 0. The standard InChI is InChI=1S/2Ba.3O.2Y.2Zr.4H/q2*+2;3*-2;2*+3;;;4*-1. The van der Waals surface area contributed by atoms with Crippen molar-refractivity contribution in [1.29, 1.82) is 0 Å². The average molecular weight is 687 g/mol. The quantitative estimate of drug-likeness (QED) is 0.303. The summed E-state index contributed by atoms with van der Waals surface area (Å²) in [6.45, 7) is 0. The predicted molar refractivity (Wildman–Crippen MR) is 18.0 cm³/mol. The summed E-state index contributed by atoms with van der Waals surface area (Å²) in [6, 6.07) is 0. The monoisotopic (exact) mass is 685 g/mol. The summed E-state index contributed by atoms with van der Waals surface area (Å²) in [5.41, 5.74) is 0. The largest absolute Gasteiger partial charge is 3.00 e. The minimum Gasteiger partial charge on any atom is -2.00 e. The summed E-state index contributed by atoms with van der Waals surface area (Å²) in [7, 11) is 0. The first-order valence-corrected chi connectivity index (χ1v) is 0. The van der Waals surface area contributed by atoms with Crippen LogP contribution in [0.2, 0.25) is 0 Å². The van der Waals surface area contributed by atoms with Crippen molar-refractivity contribution in [2.24, 2.45) is 0 Å². The Morgan fingerprint density at radius 3 is 0.556 bits per heavy atom. The Hall–Kier alpha value is 7.00. The van der Waals surface area contributed by atoms with E-state index in [4.69, 9.17) is 0 Å². The second-order valence-electron chi connectivity index (χ2n) is 0. The van der Waals surface area contributed by atoms with Crippen LogP contribution in [0.1, 0.15) is 5.71 Å². The van der Waals surface area contributed by atoms with Gasteiger partial charge in [-0.3, -0.25) is 0 Å². The SMILES string of the molecule is [Ba+2].[Ba+2].[H-].[H-].[H-].[H-].[O-2].[O-2].[O-2].[Y+3].[Y+3].[Zr].[Zr]. The van der Waals surface area contributed by atoms with Crippen molar-refractivity contribution >= 4 is 97.8 Å². The van der Waals surface area contributed by atoms with Crippen LogP contribution in [0.3, 0.4) is 0 Å². The molecule has 9 heavy (non-hydrogen) atoms. The zero-order chi connectivity index (χ0) is 0. The maximum Gasteiger partial charge on any atom is 3.00 e. The molecule has 9 heteroatoms. The van der Waals surface area contributed by atoms with Gasteiger partial charge in [0.15, 0.2) is 0 Å². The van der Waals surface area contributed by atoms with E-state index in [1.807, 2.05) is 0 Å².